The summed E-state index contributed by atoms with van der Waals surface area (Å²) in [6, 6.07) is 16.9. The highest BCUT2D eigenvalue weighted by Crippen LogP contribution is 2.25. The average Bonchev–Trinajstić information content (AvgIpc) is 2.73. The van der Waals surface area contributed by atoms with Crippen molar-refractivity contribution in [2.75, 3.05) is 13.4 Å². The first kappa shape index (κ1) is 19.2. The first-order valence-electron chi connectivity index (χ1n) is 8.18. The third-order valence-electron chi connectivity index (χ3n) is 3.98. The van der Waals surface area contributed by atoms with E-state index in [1.54, 1.807) is 7.11 Å². The van der Waals surface area contributed by atoms with Crippen LogP contribution in [0.1, 0.15) is 27.7 Å². The van der Waals surface area contributed by atoms with Gasteiger partial charge in [0.05, 0.1) is 24.4 Å². The molecule has 5 nitrogen and oxygen atoms in total. The fourth-order valence-corrected chi connectivity index (χ4v) is 3.13. The molecule has 138 valence electrons. The molecule has 0 radical (unpaired) electrons. The predicted octanol–water partition coefficient (Wildman–Crippen LogP) is 4.38. The van der Waals surface area contributed by atoms with Crippen LogP contribution in [0.4, 0.5) is 0 Å². The van der Waals surface area contributed by atoms with Crippen molar-refractivity contribution in [3.8, 4) is 5.75 Å². The first-order chi connectivity index (χ1) is 13.1. The second-order valence-corrected chi connectivity index (χ2v) is 6.82. The van der Waals surface area contributed by atoms with Crippen LogP contribution in [-0.4, -0.2) is 29.2 Å². The number of nitrogens with zero attached hydrogens (tertiary/aromatic N) is 2. The lowest BCUT2D eigenvalue weighted by atomic mass is 9.98. The van der Waals surface area contributed by atoms with Crippen molar-refractivity contribution < 1.29 is 9.53 Å². The number of ether oxygens (including phenoxy) is 1. The lowest BCUT2D eigenvalue weighted by molar-refractivity contribution is 0.0937. The Bertz CT molecular complexity index is 920. The van der Waals surface area contributed by atoms with Crippen LogP contribution < -0.4 is 10.1 Å². The summed E-state index contributed by atoms with van der Waals surface area (Å²) in [5.74, 6) is 0.391. The van der Waals surface area contributed by atoms with Crippen LogP contribution in [0, 0.1) is 0 Å². The van der Waals surface area contributed by atoms with Crippen molar-refractivity contribution in [1.29, 1.82) is 0 Å². The molecule has 3 aromatic rings. The summed E-state index contributed by atoms with van der Waals surface area (Å²) >= 11 is 7.50. The molecule has 0 bridgehead atoms. The Hall–Kier alpha value is -2.57. The summed E-state index contributed by atoms with van der Waals surface area (Å²) in [5, 5.41) is 3.74. The number of amides is 1. The number of benzene rings is 2. The van der Waals surface area contributed by atoms with Gasteiger partial charge in [0, 0.05) is 0 Å². The molecule has 3 rings (SSSR count). The highest BCUT2D eigenvalue weighted by molar-refractivity contribution is 7.98. The van der Waals surface area contributed by atoms with E-state index in [0.29, 0.717) is 5.16 Å². The van der Waals surface area contributed by atoms with Gasteiger partial charge in [-0.15, -0.1) is 0 Å². The minimum absolute atomic E-state index is 0.158. The van der Waals surface area contributed by atoms with E-state index < -0.39 is 0 Å². The van der Waals surface area contributed by atoms with Gasteiger partial charge in [0.2, 0.25) is 0 Å². The van der Waals surface area contributed by atoms with Gasteiger partial charge in [0.15, 0.2) is 10.9 Å². The van der Waals surface area contributed by atoms with E-state index in [0.717, 1.165) is 16.9 Å². The summed E-state index contributed by atoms with van der Waals surface area (Å²) in [6.45, 7) is 0. The Morgan fingerprint density at radius 2 is 1.78 bits per heavy atom. The molecule has 2 aromatic carbocycles. The fourth-order valence-electron chi connectivity index (χ4n) is 2.61. The molecule has 0 spiro atoms. The van der Waals surface area contributed by atoms with Crippen molar-refractivity contribution in [3.63, 3.8) is 0 Å². The Balaban J connectivity index is 1.95. The Labute approximate surface area is 167 Å². The van der Waals surface area contributed by atoms with Crippen molar-refractivity contribution in [1.82, 2.24) is 15.3 Å². The van der Waals surface area contributed by atoms with Gasteiger partial charge in [-0.2, -0.15) is 0 Å². The fraction of sp³-hybridized carbons (Fsp3) is 0.150. The van der Waals surface area contributed by atoms with Gasteiger partial charge in [-0.1, -0.05) is 65.8 Å². The maximum Gasteiger partial charge on any atom is 0.272 e. The topological polar surface area (TPSA) is 64.1 Å². The number of hydrogen-bond donors (Lipinski definition) is 1. The number of carbonyl (C=O) groups excluding carboxylic acids is 1. The van der Waals surface area contributed by atoms with Crippen LogP contribution >= 0.6 is 23.4 Å². The molecule has 1 amide bonds. The van der Waals surface area contributed by atoms with Crippen molar-refractivity contribution in [2.24, 2.45) is 0 Å². The molecule has 0 fully saturated rings. The van der Waals surface area contributed by atoms with E-state index in [1.807, 2.05) is 60.9 Å². The lowest BCUT2D eigenvalue weighted by Gasteiger charge is -2.20. The number of methoxy groups -OCH3 is 1. The highest BCUT2D eigenvalue weighted by Gasteiger charge is 2.21. The monoisotopic (exact) mass is 399 g/mol. The number of halogens is 1. The number of rotatable bonds is 6. The largest absolute Gasteiger partial charge is 0.497 e. The van der Waals surface area contributed by atoms with Crippen LogP contribution in [0.25, 0.3) is 0 Å². The predicted molar refractivity (Wildman–Crippen MR) is 108 cm³/mol. The van der Waals surface area contributed by atoms with Crippen molar-refractivity contribution in [2.45, 2.75) is 11.2 Å². The van der Waals surface area contributed by atoms with Gasteiger partial charge in [0.1, 0.15) is 5.75 Å². The van der Waals surface area contributed by atoms with E-state index in [9.17, 15) is 4.79 Å². The quantitative estimate of drug-likeness (QED) is 0.492. The minimum atomic E-state index is -0.359. The van der Waals surface area contributed by atoms with E-state index in [-0.39, 0.29) is 22.7 Å². The highest BCUT2D eigenvalue weighted by atomic mass is 35.5. The van der Waals surface area contributed by atoms with Gasteiger partial charge in [-0.25, -0.2) is 9.97 Å². The molecule has 0 aliphatic carbocycles. The summed E-state index contributed by atoms with van der Waals surface area (Å²) in [7, 11) is 1.62. The molecule has 0 saturated carbocycles. The van der Waals surface area contributed by atoms with Crippen molar-refractivity contribution >= 4 is 29.3 Å². The molecule has 1 heterocycles. The number of hydrogen-bond acceptors (Lipinski definition) is 5. The van der Waals surface area contributed by atoms with Gasteiger partial charge >= 0.3 is 0 Å². The van der Waals surface area contributed by atoms with Crippen LogP contribution in [0.3, 0.4) is 0 Å². The standard InChI is InChI=1S/C20H18ClN3O2S/c1-26-15-10-8-14(9-11-15)17(13-6-4-3-5-7-13)23-19(25)18-16(21)12-22-20(24-18)27-2/h3-12,17H,1-2H3,(H,23,25)/t17-/m0/s1. The number of aromatic nitrogens is 2. The van der Waals surface area contributed by atoms with Crippen molar-refractivity contribution in [3.05, 3.63) is 82.6 Å². The zero-order valence-corrected chi connectivity index (χ0v) is 16.4. The van der Waals surface area contributed by atoms with E-state index in [4.69, 9.17) is 16.3 Å². The molecule has 1 aromatic heterocycles. The Morgan fingerprint density at radius 3 is 2.41 bits per heavy atom. The van der Waals surface area contributed by atoms with Gasteiger partial charge < -0.3 is 10.1 Å². The molecule has 7 heteroatoms. The van der Waals surface area contributed by atoms with Crippen LogP contribution in [-0.2, 0) is 0 Å². The normalized spacial score (nSPS) is 11.7. The molecule has 0 aliphatic rings. The van der Waals surface area contributed by atoms with Crippen LogP contribution in [0.5, 0.6) is 5.75 Å². The number of thioether (sulfide) groups is 1. The van der Waals surface area contributed by atoms with Gasteiger partial charge in [-0.05, 0) is 29.5 Å². The van der Waals surface area contributed by atoms with E-state index in [2.05, 4.69) is 15.3 Å². The van der Waals surface area contributed by atoms with Crippen LogP contribution in [0.2, 0.25) is 5.02 Å². The molecule has 0 unspecified atom stereocenters. The summed E-state index contributed by atoms with van der Waals surface area (Å²) in [6.07, 6.45) is 3.29. The SMILES string of the molecule is COc1ccc([C@@H](NC(=O)c2nc(SC)ncc2Cl)c2ccccc2)cc1. The van der Waals surface area contributed by atoms with Gasteiger partial charge in [-0.3, -0.25) is 4.79 Å². The lowest BCUT2D eigenvalue weighted by Crippen LogP contribution is -2.30. The average molecular weight is 400 g/mol. The Kier molecular flexibility index (Phi) is 6.32. The number of nitrogens with one attached hydrogen (secondary N) is 1. The first-order valence-corrected chi connectivity index (χ1v) is 9.79. The smallest absolute Gasteiger partial charge is 0.272 e. The molecular weight excluding hydrogens is 382 g/mol. The maximum absolute atomic E-state index is 12.9. The molecule has 1 atom stereocenters. The summed E-state index contributed by atoms with van der Waals surface area (Å²) < 4.78 is 5.22. The molecule has 27 heavy (non-hydrogen) atoms. The maximum atomic E-state index is 12.9. The van der Waals surface area contributed by atoms with E-state index in [1.165, 1.54) is 18.0 Å². The van der Waals surface area contributed by atoms with Gasteiger partial charge in [0.25, 0.3) is 5.91 Å². The van der Waals surface area contributed by atoms with E-state index >= 15 is 0 Å². The molecule has 0 aliphatic heterocycles. The molecule has 0 saturated heterocycles. The number of carbonyl (C=O) groups is 1. The summed E-state index contributed by atoms with van der Waals surface area (Å²) in [4.78, 5) is 21.2. The summed E-state index contributed by atoms with van der Waals surface area (Å²) in [5.41, 5.74) is 2.03. The Morgan fingerprint density at radius 1 is 1.11 bits per heavy atom. The molecular formula is C20H18ClN3O2S. The molecule has 1 N–H and O–H groups in total. The zero-order chi connectivity index (χ0) is 19.2. The minimum Gasteiger partial charge on any atom is -0.497 e. The second-order valence-electron chi connectivity index (χ2n) is 5.64. The second kappa shape index (κ2) is 8.88. The zero-order valence-electron chi connectivity index (χ0n) is 14.8. The van der Waals surface area contributed by atoms with Crippen LogP contribution in [0.15, 0.2) is 66.0 Å². The third kappa shape index (κ3) is 4.59. The third-order valence-corrected chi connectivity index (χ3v) is 4.82.